The number of nitrogens with one attached hydrogen (secondary N) is 2. The molecule has 3 nitrogen and oxygen atoms in total. The molecule has 2 N–H and O–H groups in total. The minimum atomic E-state index is 0. The highest BCUT2D eigenvalue weighted by Gasteiger charge is 2.22. The molecule has 0 unspecified atom stereocenters. The monoisotopic (exact) mass is 330 g/mol. The first-order chi connectivity index (χ1) is 9.81. The molecule has 2 fully saturated rings. The summed E-state index contributed by atoms with van der Waals surface area (Å²) in [6, 6.07) is 5.96. The number of hydrogen-bond acceptors (Lipinski definition) is 3. The zero-order valence-corrected chi connectivity index (χ0v) is 13.8. The van der Waals surface area contributed by atoms with Gasteiger partial charge in [-0.1, -0.05) is 17.7 Å². The Hall–Kier alpha value is -0.480. The highest BCUT2D eigenvalue weighted by atomic mass is 35.5. The zero-order valence-electron chi connectivity index (χ0n) is 12.2. The van der Waals surface area contributed by atoms with Crippen LogP contribution in [0.2, 0.25) is 5.02 Å². The molecule has 1 saturated heterocycles. The van der Waals surface area contributed by atoms with Gasteiger partial charge >= 0.3 is 0 Å². The van der Waals surface area contributed by atoms with Crippen LogP contribution in [-0.2, 0) is 6.54 Å². The Kier molecular flexibility index (Phi) is 6.62. The lowest BCUT2D eigenvalue weighted by atomic mass is 10.1. The van der Waals surface area contributed by atoms with E-state index in [1.807, 2.05) is 12.1 Å². The summed E-state index contributed by atoms with van der Waals surface area (Å²) in [5, 5.41) is 7.69. The number of rotatable bonds is 7. The maximum absolute atomic E-state index is 6.08. The molecule has 118 valence electrons. The van der Waals surface area contributed by atoms with E-state index >= 15 is 0 Å². The van der Waals surface area contributed by atoms with Crippen LogP contribution in [0.25, 0.3) is 0 Å². The van der Waals surface area contributed by atoms with Crippen LogP contribution in [-0.4, -0.2) is 26.2 Å². The van der Waals surface area contributed by atoms with Crippen molar-refractivity contribution in [2.75, 3.05) is 26.2 Å². The standard InChI is InChI=1S/C16H23ClN2O.ClH/c17-15-4-3-14(10-19-9-13-5-6-18-8-13)16(7-15)20-11-12-1-2-12;/h3-4,7,12-13,18-19H,1-2,5-6,8-11H2;1H/t13-;/m0./s1. The third kappa shape index (κ3) is 5.33. The lowest BCUT2D eigenvalue weighted by molar-refractivity contribution is 0.296. The van der Waals surface area contributed by atoms with E-state index in [4.69, 9.17) is 16.3 Å². The van der Waals surface area contributed by atoms with Gasteiger partial charge in [-0.3, -0.25) is 0 Å². The van der Waals surface area contributed by atoms with Crippen molar-refractivity contribution in [1.82, 2.24) is 10.6 Å². The summed E-state index contributed by atoms with van der Waals surface area (Å²) in [6.45, 7) is 5.05. The van der Waals surface area contributed by atoms with Crippen LogP contribution in [0.4, 0.5) is 0 Å². The second kappa shape index (κ2) is 8.23. The maximum Gasteiger partial charge on any atom is 0.125 e. The van der Waals surface area contributed by atoms with Gasteiger partial charge in [-0.05, 0) is 62.9 Å². The Balaban J connectivity index is 0.00000161. The fourth-order valence-corrected chi connectivity index (χ4v) is 2.76. The van der Waals surface area contributed by atoms with Gasteiger partial charge < -0.3 is 15.4 Å². The number of ether oxygens (including phenoxy) is 1. The molecule has 3 rings (SSSR count). The largest absolute Gasteiger partial charge is 0.493 e. The van der Waals surface area contributed by atoms with Crippen molar-refractivity contribution in [3.63, 3.8) is 0 Å². The molecule has 1 atom stereocenters. The Morgan fingerprint density at radius 2 is 2.10 bits per heavy atom. The third-order valence-corrected chi connectivity index (χ3v) is 4.35. The summed E-state index contributed by atoms with van der Waals surface area (Å²) in [6.07, 6.45) is 3.89. The first-order valence-corrected chi connectivity index (χ1v) is 8.02. The second-order valence-corrected chi connectivity index (χ2v) is 6.43. The van der Waals surface area contributed by atoms with Crippen molar-refractivity contribution in [2.45, 2.75) is 25.8 Å². The molecule has 1 aromatic carbocycles. The molecule has 21 heavy (non-hydrogen) atoms. The molecule has 0 spiro atoms. The SMILES string of the molecule is Cl.Clc1ccc(CNC[C@H]2CCNC2)c(OCC2CC2)c1. The first-order valence-electron chi connectivity index (χ1n) is 7.64. The van der Waals surface area contributed by atoms with Gasteiger partial charge in [-0.15, -0.1) is 12.4 Å². The van der Waals surface area contributed by atoms with E-state index in [2.05, 4.69) is 16.7 Å². The molecule has 0 bridgehead atoms. The molecule has 5 heteroatoms. The number of hydrogen-bond donors (Lipinski definition) is 2. The van der Waals surface area contributed by atoms with E-state index in [1.165, 1.54) is 24.8 Å². The van der Waals surface area contributed by atoms with E-state index in [0.29, 0.717) is 0 Å². The molecule has 2 aliphatic rings. The number of benzene rings is 1. The van der Waals surface area contributed by atoms with Crippen molar-refractivity contribution < 1.29 is 4.74 Å². The van der Waals surface area contributed by atoms with Crippen LogP contribution in [0.15, 0.2) is 18.2 Å². The predicted octanol–water partition coefficient (Wildman–Crippen LogP) is 3.25. The van der Waals surface area contributed by atoms with Gasteiger partial charge in [-0.25, -0.2) is 0 Å². The Bertz CT molecular complexity index is 446. The summed E-state index contributed by atoms with van der Waals surface area (Å²) < 4.78 is 5.93. The van der Waals surface area contributed by atoms with Crippen LogP contribution in [0.3, 0.4) is 0 Å². The van der Waals surface area contributed by atoms with E-state index in [-0.39, 0.29) is 12.4 Å². The molecule has 1 aliphatic heterocycles. The summed E-state index contributed by atoms with van der Waals surface area (Å²) >= 11 is 6.08. The van der Waals surface area contributed by atoms with Gasteiger partial charge in [0.05, 0.1) is 6.61 Å². The van der Waals surface area contributed by atoms with Gasteiger partial charge in [0, 0.05) is 17.1 Å². The second-order valence-electron chi connectivity index (χ2n) is 6.00. The zero-order chi connectivity index (χ0) is 13.8. The molecule has 0 radical (unpaired) electrons. The minimum Gasteiger partial charge on any atom is -0.493 e. The summed E-state index contributed by atoms with van der Waals surface area (Å²) in [5.74, 6) is 2.47. The summed E-state index contributed by atoms with van der Waals surface area (Å²) in [4.78, 5) is 0. The first kappa shape index (κ1) is 16.9. The van der Waals surface area contributed by atoms with E-state index < -0.39 is 0 Å². The molecule has 0 aromatic heterocycles. The quantitative estimate of drug-likeness (QED) is 0.805. The fraction of sp³-hybridized carbons (Fsp3) is 0.625. The molecule has 0 amide bonds. The normalized spacial score (nSPS) is 21.1. The maximum atomic E-state index is 6.08. The Labute approximate surface area is 138 Å². The van der Waals surface area contributed by atoms with Gasteiger partial charge in [-0.2, -0.15) is 0 Å². The molecular formula is C16H24Cl2N2O. The minimum absolute atomic E-state index is 0. The number of halogens is 2. The highest BCUT2D eigenvalue weighted by molar-refractivity contribution is 6.30. The molecule has 1 aliphatic carbocycles. The summed E-state index contributed by atoms with van der Waals surface area (Å²) in [5.41, 5.74) is 1.21. The Morgan fingerprint density at radius 1 is 1.24 bits per heavy atom. The van der Waals surface area contributed by atoms with Crippen LogP contribution in [0, 0.1) is 11.8 Å². The molecule has 1 heterocycles. The lowest BCUT2D eigenvalue weighted by Gasteiger charge is -2.14. The van der Waals surface area contributed by atoms with Crippen molar-refractivity contribution in [3.8, 4) is 5.75 Å². The molecule has 1 aromatic rings. The van der Waals surface area contributed by atoms with Crippen LogP contribution in [0.1, 0.15) is 24.8 Å². The van der Waals surface area contributed by atoms with Crippen molar-refractivity contribution >= 4 is 24.0 Å². The predicted molar refractivity (Wildman–Crippen MR) is 89.6 cm³/mol. The average Bonchev–Trinajstić information content (AvgIpc) is 3.13. The van der Waals surface area contributed by atoms with Gasteiger partial charge in [0.2, 0.25) is 0 Å². The molecule has 1 saturated carbocycles. The van der Waals surface area contributed by atoms with E-state index in [9.17, 15) is 0 Å². The Morgan fingerprint density at radius 3 is 2.81 bits per heavy atom. The third-order valence-electron chi connectivity index (χ3n) is 4.11. The van der Waals surface area contributed by atoms with Crippen molar-refractivity contribution in [3.05, 3.63) is 28.8 Å². The highest BCUT2D eigenvalue weighted by Crippen LogP contribution is 2.31. The van der Waals surface area contributed by atoms with Crippen molar-refractivity contribution in [2.24, 2.45) is 11.8 Å². The lowest BCUT2D eigenvalue weighted by Crippen LogP contribution is -2.24. The van der Waals surface area contributed by atoms with Crippen LogP contribution < -0.4 is 15.4 Å². The van der Waals surface area contributed by atoms with Crippen LogP contribution >= 0.6 is 24.0 Å². The topological polar surface area (TPSA) is 33.3 Å². The van der Waals surface area contributed by atoms with Crippen LogP contribution in [0.5, 0.6) is 5.75 Å². The fourth-order valence-electron chi connectivity index (χ4n) is 2.60. The average molecular weight is 331 g/mol. The summed E-state index contributed by atoms with van der Waals surface area (Å²) in [7, 11) is 0. The van der Waals surface area contributed by atoms with Gasteiger partial charge in [0.25, 0.3) is 0 Å². The van der Waals surface area contributed by atoms with E-state index in [0.717, 1.165) is 55.4 Å². The van der Waals surface area contributed by atoms with Gasteiger partial charge in [0.1, 0.15) is 5.75 Å². The smallest absolute Gasteiger partial charge is 0.125 e. The molecular weight excluding hydrogens is 307 g/mol. The van der Waals surface area contributed by atoms with E-state index in [1.54, 1.807) is 0 Å². The van der Waals surface area contributed by atoms with Crippen molar-refractivity contribution in [1.29, 1.82) is 0 Å². The van der Waals surface area contributed by atoms with Gasteiger partial charge in [0.15, 0.2) is 0 Å².